The summed E-state index contributed by atoms with van der Waals surface area (Å²) in [5.41, 5.74) is 1.22. The minimum Gasteiger partial charge on any atom is -0.539 e. The zero-order chi connectivity index (χ0) is 21.1. The summed E-state index contributed by atoms with van der Waals surface area (Å²) in [5, 5.41) is 2.00. The molecule has 1 aromatic rings. The van der Waals surface area contributed by atoms with Crippen LogP contribution in [0.5, 0.6) is 0 Å². The first kappa shape index (κ1) is 21.0. The van der Waals surface area contributed by atoms with Crippen LogP contribution in [0.3, 0.4) is 0 Å². The lowest BCUT2D eigenvalue weighted by molar-refractivity contribution is -0.150. The smallest absolute Gasteiger partial charge is 0.378 e. The molecule has 2 heterocycles. The second-order valence-electron chi connectivity index (χ2n) is 6.64. The van der Waals surface area contributed by atoms with E-state index in [1.807, 2.05) is 37.3 Å². The van der Waals surface area contributed by atoms with Gasteiger partial charge in [0.05, 0.1) is 6.42 Å². The van der Waals surface area contributed by atoms with Gasteiger partial charge in [-0.15, -0.1) is 11.8 Å². The van der Waals surface area contributed by atoms with Crippen molar-refractivity contribution in [3.05, 3.63) is 47.2 Å². The summed E-state index contributed by atoms with van der Waals surface area (Å²) in [7, 11) is 5.04. The van der Waals surface area contributed by atoms with Gasteiger partial charge in [-0.1, -0.05) is 30.3 Å². The van der Waals surface area contributed by atoms with E-state index in [4.69, 9.17) is 12.8 Å². The van der Waals surface area contributed by atoms with Crippen LogP contribution in [-0.4, -0.2) is 60.0 Å². The number of carbonyl (C=O) groups is 4. The number of thioether (sulfide) groups is 1. The van der Waals surface area contributed by atoms with Crippen molar-refractivity contribution in [2.24, 2.45) is 0 Å². The number of benzene rings is 1. The highest BCUT2D eigenvalue weighted by atomic mass is 32.2. The molecule has 2 aliphatic heterocycles. The summed E-state index contributed by atoms with van der Waals surface area (Å²) >= 11 is 1.38. The first-order valence-corrected chi connectivity index (χ1v) is 9.87. The predicted molar refractivity (Wildman–Crippen MR) is 105 cm³/mol. The predicted octanol–water partition coefficient (Wildman–Crippen LogP) is 0.461. The van der Waals surface area contributed by atoms with Crippen LogP contribution in [0.15, 0.2) is 41.6 Å². The molecule has 1 fully saturated rings. The molecule has 1 aromatic carbocycles. The maximum atomic E-state index is 12.7. The van der Waals surface area contributed by atoms with Crippen molar-refractivity contribution in [2.75, 3.05) is 6.61 Å². The number of β-lactam (4-membered cyclic amide) rings is 1. The lowest BCUT2D eigenvalue weighted by atomic mass is 10.0. The average Bonchev–Trinajstić information content (AvgIpc) is 2.70. The van der Waals surface area contributed by atoms with Gasteiger partial charge >= 0.3 is 20.0 Å². The zero-order valence-electron chi connectivity index (χ0n) is 15.9. The Labute approximate surface area is 173 Å². The monoisotopic (exact) mass is 414 g/mol. The fraction of sp³-hybridized carbons (Fsp3) is 0.368. The molecule has 150 valence electrons. The molecule has 3 atom stereocenters. The normalized spacial score (nSPS) is 23.0. The Morgan fingerprint density at radius 3 is 2.55 bits per heavy atom. The fourth-order valence-electron chi connectivity index (χ4n) is 3.27. The van der Waals surface area contributed by atoms with Crippen molar-refractivity contribution in [1.29, 1.82) is 0 Å². The molecule has 2 amide bonds. The van der Waals surface area contributed by atoms with Gasteiger partial charge in [-0.3, -0.25) is 19.3 Å². The minimum absolute atomic E-state index is 0.0384. The van der Waals surface area contributed by atoms with E-state index in [1.165, 1.54) is 23.6 Å². The summed E-state index contributed by atoms with van der Waals surface area (Å²) in [5.74, 6) is -2.15. The highest BCUT2D eigenvalue weighted by Gasteiger charge is 2.55. The Kier molecular flexibility index (Phi) is 6.31. The van der Waals surface area contributed by atoms with Crippen molar-refractivity contribution in [3.63, 3.8) is 0 Å². The highest BCUT2D eigenvalue weighted by molar-refractivity contribution is 8.00. The van der Waals surface area contributed by atoms with Crippen molar-refractivity contribution in [3.8, 4) is 0 Å². The van der Waals surface area contributed by atoms with Crippen LogP contribution in [0.25, 0.3) is 0 Å². The van der Waals surface area contributed by atoms with Crippen molar-refractivity contribution >= 4 is 43.6 Å². The number of ether oxygens (including phenoxy) is 1. The number of nitrogens with zero attached hydrogens (tertiary/aromatic N) is 1. The number of fused-ring (bicyclic) bond motifs is 1. The number of hydrogen-bond donors (Lipinski definition) is 1. The number of amides is 2. The molecule has 0 bridgehead atoms. The van der Waals surface area contributed by atoms with E-state index >= 15 is 0 Å². The topological polar surface area (TPSA) is 102 Å². The van der Waals surface area contributed by atoms with E-state index in [9.17, 15) is 19.2 Å². The van der Waals surface area contributed by atoms with E-state index < -0.39 is 29.3 Å². The van der Waals surface area contributed by atoms with Gasteiger partial charge in [0, 0.05) is 17.7 Å². The molecule has 0 unspecified atom stereocenters. The molecule has 0 saturated carbocycles. The lowest BCUT2D eigenvalue weighted by Crippen LogP contribution is -2.71. The van der Waals surface area contributed by atoms with Crippen LogP contribution in [0.4, 0.5) is 0 Å². The van der Waals surface area contributed by atoms with Gasteiger partial charge in [0.1, 0.15) is 23.7 Å². The molecular weight excluding hydrogens is 395 g/mol. The highest BCUT2D eigenvalue weighted by Crippen LogP contribution is 2.44. The zero-order valence-corrected chi connectivity index (χ0v) is 16.7. The number of rotatable bonds is 6. The second-order valence-corrected chi connectivity index (χ2v) is 8.11. The van der Waals surface area contributed by atoms with Gasteiger partial charge < -0.3 is 14.7 Å². The SMILES string of the molecule is [B]OC(=O)C1=C(COC(C)=O)[C@H](C)S[C@@H]2[C@H](NC(=O)Cc3ccccc3)C(=O)N12. The third kappa shape index (κ3) is 4.32. The van der Waals surface area contributed by atoms with Crippen molar-refractivity contribution < 1.29 is 28.6 Å². The Bertz CT molecular complexity index is 875. The molecule has 2 radical (unpaired) electrons. The summed E-state index contributed by atoms with van der Waals surface area (Å²) in [4.78, 5) is 49.7. The Hall–Kier alpha value is -2.75. The number of hydrogen-bond acceptors (Lipinski definition) is 7. The third-order valence-corrected chi connectivity index (χ3v) is 6.13. The van der Waals surface area contributed by atoms with Crippen molar-refractivity contribution in [1.82, 2.24) is 10.2 Å². The molecule has 1 N–H and O–H groups in total. The summed E-state index contributed by atoms with van der Waals surface area (Å²) in [6.45, 7) is 2.91. The molecule has 0 spiro atoms. The average molecular weight is 414 g/mol. The molecule has 10 heteroatoms. The van der Waals surface area contributed by atoms with Crippen LogP contribution in [0.2, 0.25) is 0 Å². The molecule has 0 aromatic heterocycles. The van der Waals surface area contributed by atoms with Crippen LogP contribution in [0.1, 0.15) is 19.4 Å². The Morgan fingerprint density at radius 2 is 1.93 bits per heavy atom. The van der Waals surface area contributed by atoms with Gasteiger partial charge in [-0.2, -0.15) is 0 Å². The third-order valence-electron chi connectivity index (χ3n) is 4.68. The van der Waals surface area contributed by atoms with Gasteiger partial charge in [0.15, 0.2) is 0 Å². The second kappa shape index (κ2) is 8.73. The van der Waals surface area contributed by atoms with Crippen molar-refractivity contribution in [2.45, 2.75) is 36.9 Å². The maximum absolute atomic E-state index is 12.7. The Morgan fingerprint density at radius 1 is 1.24 bits per heavy atom. The molecule has 1 saturated heterocycles. The lowest BCUT2D eigenvalue weighted by Gasteiger charge is -2.51. The van der Waals surface area contributed by atoms with Gasteiger partial charge in [-0.05, 0) is 12.5 Å². The summed E-state index contributed by atoms with van der Waals surface area (Å²) < 4.78 is 9.35. The first-order valence-electron chi connectivity index (χ1n) is 8.92. The molecular formula is C19H19BN2O6S. The number of carbonyl (C=O) groups excluding carboxylic acids is 4. The van der Waals surface area contributed by atoms with Crippen LogP contribution in [-0.2, 0) is 35.0 Å². The maximum Gasteiger partial charge on any atom is 0.378 e. The number of esters is 1. The van der Waals surface area contributed by atoms with Gasteiger partial charge in [0.2, 0.25) is 5.91 Å². The molecule has 0 aliphatic carbocycles. The van der Waals surface area contributed by atoms with E-state index in [2.05, 4.69) is 9.97 Å². The largest absolute Gasteiger partial charge is 0.539 e. The summed E-state index contributed by atoms with van der Waals surface area (Å²) in [6, 6.07) is 8.40. The van der Waals surface area contributed by atoms with Crippen LogP contribution >= 0.6 is 11.8 Å². The molecule has 8 nitrogen and oxygen atoms in total. The van der Waals surface area contributed by atoms with Gasteiger partial charge in [0.25, 0.3) is 5.91 Å². The fourth-order valence-corrected chi connectivity index (χ4v) is 4.70. The van der Waals surface area contributed by atoms with E-state index in [0.717, 1.165) is 5.56 Å². The van der Waals surface area contributed by atoms with E-state index in [1.54, 1.807) is 0 Å². The number of nitrogens with one attached hydrogen (secondary N) is 1. The molecule has 2 aliphatic rings. The van der Waals surface area contributed by atoms with E-state index in [-0.39, 0.29) is 29.9 Å². The van der Waals surface area contributed by atoms with E-state index in [0.29, 0.717) is 5.57 Å². The minimum atomic E-state index is -0.897. The van der Waals surface area contributed by atoms with Gasteiger partial charge in [-0.25, -0.2) is 4.79 Å². The van der Waals surface area contributed by atoms with Crippen LogP contribution < -0.4 is 5.32 Å². The molecule has 29 heavy (non-hydrogen) atoms. The first-order chi connectivity index (χ1) is 13.8. The van der Waals surface area contributed by atoms with Crippen LogP contribution in [0, 0.1) is 0 Å². The molecule has 3 rings (SSSR count). The Balaban J connectivity index is 1.76. The standard InChI is InChI=1S/C19H19BN2O6S/c1-10-13(9-27-11(2)23)16(19(26)28-20)22-17(25)15(18(22)29-10)21-14(24)8-12-6-4-3-5-7-12/h3-7,10,15,18H,8-9H2,1-2H3,(H,21,24)/t10-,15+,18+/m0/s1. The quantitative estimate of drug-likeness (QED) is 0.410. The summed E-state index contributed by atoms with van der Waals surface area (Å²) in [6.07, 6.45) is 0.142.